The van der Waals surface area contributed by atoms with Gasteiger partial charge in [-0.25, -0.2) is 0 Å². The average Bonchev–Trinajstić information content (AvgIpc) is 2.35. The summed E-state index contributed by atoms with van der Waals surface area (Å²) in [5.74, 6) is 1.20. The van der Waals surface area contributed by atoms with Crippen LogP contribution in [-0.4, -0.2) is 16.7 Å². The summed E-state index contributed by atoms with van der Waals surface area (Å²) >= 11 is 5.53. The van der Waals surface area contributed by atoms with E-state index in [-0.39, 0.29) is 0 Å². The molecule has 0 atom stereocenters. The third kappa shape index (κ3) is 3.02. The lowest BCUT2D eigenvalue weighted by Crippen LogP contribution is -2.14. The first-order chi connectivity index (χ1) is 5.68. The molecule has 0 aliphatic heterocycles. The number of hydrogen-bond donors (Lipinski definition) is 1. The molecule has 12 heavy (non-hydrogen) atoms. The smallest absolute Gasteiger partial charge is 0.240 e. The number of nitrogens with one attached hydrogen (secondary N) is 1. The van der Waals surface area contributed by atoms with Gasteiger partial charge in [0.2, 0.25) is 5.89 Å². The van der Waals surface area contributed by atoms with Crippen molar-refractivity contribution in [1.82, 2.24) is 15.5 Å². The lowest BCUT2D eigenvalue weighted by atomic mass is 10.5. The normalized spacial score (nSPS) is 10.2. The molecule has 1 aromatic rings. The Balaban J connectivity index is 2.29. The Morgan fingerprint density at radius 1 is 1.75 bits per heavy atom. The predicted molar refractivity (Wildman–Crippen MR) is 45.7 cm³/mol. The molecule has 0 saturated carbocycles. The van der Waals surface area contributed by atoms with E-state index in [0.29, 0.717) is 29.8 Å². The molecule has 1 N–H and O–H groups in total. The molecule has 0 spiro atoms. The third-order valence-corrected chi connectivity index (χ3v) is 1.30. The van der Waals surface area contributed by atoms with Crippen molar-refractivity contribution in [1.29, 1.82) is 0 Å². The zero-order chi connectivity index (χ0) is 8.97. The molecule has 0 radical (unpaired) electrons. The molecule has 0 amide bonds. The Hall–Kier alpha value is -0.870. The molecule has 0 aliphatic rings. The van der Waals surface area contributed by atoms with E-state index >= 15 is 0 Å². The average molecular weight is 188 g/mol. The minimum Gasteiger partial charge on any atom is -0.338 e. The third-order valence-electron chi connectivity index (χ3n) is 1.16. The highest BCUT2D eigenvalue weighted by Gasteiger charge is 2.00. The summed E-state index contributed by atoms with van der Waals surface area (Å²) in [6.45, 7) is 6.36. The maximum Gasteiger partial charge on any atom is 0.240 e. The minimum atomic E-state index is 0.520. The summed E-state index contributed by atoms with van der Waals surface area (Å²) in [6.07, 6.45) is 0. The first kappa shape index (κ1) is 9.22. The van der Waals surface area contributed by atoms with Gasteiger partial charge < -0.3 is 9.84 Å². The molecule has 0 fully saturated rings. The number of halogens is 1. The van der Waals surface area contributed by atoms with Gasteiger partial charge in [0.05, 0.1) is 6.54 Å². The van der Waals surface area contributed by atoms with Crippen molar-refractivity contribution in [2.75, 3.05) is 6.54 Å². The molecular formula is C7H10ClN3O. The molecule has 66 valence electrons. The molecule has 0 saturated heterocycles. The molecule has 0 aromatic carbocycles. The van der Waals surface area contributed by atoms with Gasteiger partial charge in [-0.15, -0.1) is 0 Å². The van der Waals surface area contributed by atoms with Gasteiger partial charge in [0.1, 0.15) is 0 Å². The lowest BCUT2D eigenvalue weighted by molar-refractivity contribution is 0.366. The van der Waals surface area contributed by atoms with Gasteiger partial charge in [-0.2, -0.15) is 4.98 Å². The fraction of sp³-hybridized carbons (Fsp3) is 0.429. The Bertz CT molecular complexity index is 271. The summed E-state index contributed by atoms with van der Waals surface area (Å²) in [4.78, 5) is 3.99. The Morgan fingerprint density at radius 2 is 2.50 bits per heavy atom. The van der Waals surface area contributed by atoms with Crippen LogP contribution in [0, 0.1) is 6.92 Å². The maximum atomic E-state index is 5.53. The van der Waals surface area contributed by atoms with Crippen molar-refractivity contribution >= 4 is 11.6 Å². The standard InChI is InChI=1S/C7H10ClN3O/c1-5(8)3-9-4-7-10-6(2)11-12-7/h9H,1,3-4H2,2H3. The van der Waals surface area contributed by atoms with Crippen LogP contribution in [0.5, 0.6) is 0 Å². The fourth-order valence-electron chi connectivity index (χ4n) is 0.717. The van der Waals surface area contributed by atoms with E-state index in [4.69, 9.17) is 16.1 Å². The van der Waals surface area contributed by atoms with Crippen molar-refractivity contribution in [3.8, 4) is 0 Å². The van der Waals surface area contributed by atoms with Gasteiger partial charge in [0, 0.05) is 11.6 Å². The van der Waals surface area contributed by atoms with E-state index < -0.39 is 0 Å². The molecule has 1 heterocycles. The van der Waals surface area contributed by atoms with Crippen LogP contribution in [0.4, 0.5) is 0 Å². The van der Waals surface area contributed by atoms with Crippen LogP contribution in [0.1, 0.15) is 11.7 Å². The number of hydrogen-bond acceptors (Lipinski definition) is 4. The van der Waals surface area contributed by atoms with Crippen LogP contribution >= 0.6 is 11.6 Å². The SMILES string of the molecule is C=C(Cl)CNCc1nc(C)no1. The highest BCUT2D eigenvalue weighted by atomic mass is 35.5. The van der Waals surface area contributed by atoms with Gasteiger partial charge in [0.25, 0.3) is 0 Å². The van der Waals surface area contributed by atoms with Crippen molar-refractivity contribution in [3.05, 3.63) is 23.3 Å². The topological polar surface area (TPSA) is 51.0 Å². The van der Waals surface area contributed by atoms with Crippen molar-refractivity contribution in [3.63, 3.8) is 0 Å². The molecule has 4 nitrogen and oxygen atoms in total. The van der Waals surface area contributed by atoms with Crippen LogP contribution in [0.3, 0.4) is 0 Å². The minimum absolute atomic E-state index is 0.520. The molecule has 1 aromatic heterocycles. The Morgan fingerprint density at radius 3 is 3.00 bits per heavy atom. The van der Waals surface area contributed by atoms with Crippen LogP contribution in [0.2, 0.25) is 0 Å². The second-order valence-electron chi connectivity index (χ2n) is 2.36. The monoisotopic (exact) mass is 187 g/mol. The number of rotatable bonds is 4. The van der Waals surface area contributed by atoms with Gasteiger partial charge in [-0.1, -0.05) is 23.3 Å². The highest BCUT2D eigenvalue weighted by molar-refractivity contribution is 6.29. The van der Waals surface area contributed by atoms with E-state index in [2.05, 4.69) is 22.0 Å². The Kier molecular flexibility index (Phi) is 3.25. The molecule has 1 rings (SSSR count). The lowest BCUT2D eigenvalue weighted by Gasteiger charge is -1.96. The van der Waals surface area contributed by atoms with E-state index in [9.17, 15) is 0 Å². The van der Waals surface area contributed by atoms with Gasteiger partial charge in [-0.3, -0.25) is 0 Å². The number of aromatic nitrogens is 2. The highest BCUT2D eigenvalue weighted by Crippen LogP contribution is 1.96. The van der Waals surface area contributed by atoms with Gasteiger partial charge >= 0.3 is 0 Å². The first-order valence-corrected chi connectivity index (χ1v) is 3.89. The summed E-state index contributed by atoms with van der Waals surface area (Å²) in [6, 6.07) is 0. The molecule has 0 unspecified atom stereocenters. The molecule has 0 aliphatic carbocycles. The second-order valence-corrected chi connectivity index (χ2v) is 2.89. The maximum absolute atomic E-state index is 5.53. The van der Waals surface area contributed by atoms with Crippen LogP contribution in [-0.2, 0) is 6.54 Å². The largest absolute Gasteiger partial charge is 0.338 e. The van der Waals surface area contributed by atoms with E-state index in [0.717, 1.165) is 0 Å². The van der Waals surface area contributed by atoms with Crippen molar-refractivity contribution in [2.24, 2.45) is 0 Å². The fourth-order valence-corrected chi connectivity index (χ4v) is 0.811. The zero-order valence-corrected chi connectivity index (χ0v) is 7.56. The second kappa shape index (κ2) is 4.23. The first-order valence-electron chi connectivity index (χ1n) is 3.51. The van der Waals surface area contributed by atoms with E-state index in [1.165, 1.54) is 0 Å². The number of aryl methyl sites for hydroxylation is 1. The molecular weight excluding hydrogens is 178 g/mol. The quantitative estimate of drug-likeness (QED) is 0.770. The van der Waals surface area contributed by atoms with E-state index in [1.807, 2.05) is 0 Å². The van der Waals surface area contributed by atoms with Crippen LogP contribution in [0.15, 0.2) is 16.1 Å². The van der Waals surface area contributed by atoms with Crippen LogP contribution in [0.25, 0.3) is 0 Å². The molecule has 0 bridgehead atoms. The number of nitrogens with zero attached hydrogens (tertiary/aromatic N) is 2. The summed E-state index contributed by atoms with van der Waals surface area (Å²) in [5.41, 5.74) is 0. The van der Waals surface area contributed by atoms with Gasteiger partial charge in [0.15, 0.2) is 5.82 Å². The summed E-state index contributed by atoms with van der Waals surface area (Å²) < 4.78 is 4.85. The van der Waals surface area contributed by atoms with Crippen molar-refractivity contribution in [2.45, 2.75) is 13.5 Å². The van der Waals surface area contributed by atoms with E-state index in [1.54, 1.807) is 6.92 Å². The molecule has 5 heteroatoms. The van der Waals surface area contributed by atoms with Crippen molar-refractivity contribution < 1.29 is 4.52 Å². The summed E-state index contributed by atoms with van der Waals surface area (Å²) in [5, 5.41) is 7.18. The van der Waals surface area contributed by atoms with Crippen LogP contribution < -0.4 is 5.32 Å². The van der Waals surface area contributed by atoms with Gasteiger partial charge in [-0.05, 0) is 6.92 Å². The predicted octanol–water partition coefficient (Wildman–Crippen LogP) is 1.22. The summed E-state index contributed by atoms with van der Waals surface area (Å²) in [7, 11) is 0. The Labute approximate surface area is 75.6 Å². The zero-order valence-electron chi connectivity index (χ0n) is 6.80.